The summed E-state index contributed by atoms with van der Waals surface area (Å²) in [5, 5.41) is 11.6. The van der Waals surface area contributed by atoms with Crippen LogP contribution < -0.4 is 10.6 Å². The Labute approximate surface area is 122 Å². The van der Waals surface area contributed by atoms with Crippen molar-refractivity contribution >= 4 is 17.8 Å². The molecule has 2 amide bonds. The summed E-state index contributed by atoms with van der Waals surface area (Å²) in [6.45, 7) is 5.23. The van der Waals surface area contributed by atoms with Crippen molar-refractivity contribution in [2.75, 3.05) is 5.32 Å². The van der Waals surface area contributed by atoms with Crippen LogP contribution in [0.25, 0.3) is 0 Å². The molecule has 2 rings (SSSR count). The van der Waals surface area contributed by atoms with Crippen LogP contribution in [0.3, 0.4) is 0 Å². The molecule has 1 aromatic heterocycles. The van der Waals surface area contributed by atoms with E-state index in [2.05, 4.69) is 25.8 Å². The summed E-state index contributed by atoms with van der Waals surface area (Å²) < 4.78 is 0. The van der Waals surface area contributed by atoms with Crippen LogP contribution in [-0.2, 0) is 4.79 Å². The largest absolute Gasteiger partial charge is 0.341 e. The van der Waals surface area contributed by atoms with Crippen molar-refractivity contribution in [1.29, 1.82) is 0 Å². The fourth-order valence-electron chi connectivity index (χ4n) is 1.75. The van der Waals surface area contributed by atoms with E-state index >= 15 is 0 Å². The number of anilines is 1. The van der Waals surface area contributed by atoms with Gasteiger partial charge < -0.3 is 5.32 Å². The molecule has 0 spiro atoms. The second-order valence-corrected chi connectivity index (χ2v) is 4.80. The molecule has 0 saturated carbocycles. The number of carbonyl (C=O) groups is 2. The first-order valence-corrected chi connectivity index (χ1v) is 6.53. The Morgan fingerprint density at radius 1 is 1.29 bits per heavy atom. The molecule has 1 heterocycles. The average molecular weight is 287 g/mol. The Bertz CT molecular complexity index is 665. The molecule has 0 bridgehead atoms. The smallest absolute Gasteiger partial charge is 0.251 e. The molecular weight excluding hydrogens is 270 g/mol. The van der Waals surface area contributed by atoms with Crippen molar-refractivity contribution in [1.82, 2.24) is 20.5 Å². The lowest BCUT2D eigenvalue weighted by molar-refractivity contribution is -0.117. The monoisotopic (exact) mass is 287 g/mol. The molecule has 110 valence electrons. The Morgan fingerprint density at radius 3 is 2.67 bits per heavy atom. The first-order valence-electron chi connectivity index (χ1n) is 6.53. The SMILES string of the molecule is Cc1cccc(C(=O)NC(C)C(=O)Nc2n[nH]c(C)n2)c1. The van der Waals surface area contributed by atoms with Gasteiger partial charge >= 0.3 is 0 Å². The normalized spacial score (nSPS) is 11.8. The lowest BCUT2D eigenvalue weighted by Crippen LogP contribution is -2.41. The Morgan fingerprint density at radius 2 is 2.05 bits per heavy atom. The number of aryl methyl sites for hydroxylation is 2. The summed E-state index contributed by atoms with van der Waals surface area (Å²) in [7, 11) is 0. The summed E-state index contributed by atoms with van der Waals surface area (Å²) >= 11 is 0. The second-order valence-electron chi connectivity index (χ2n) is 4.80. The zero-order chi connectivity index (χ0) is 15.4. The fraction of sp³-hybridized carbons (Fsp3) is 0.286. The molecule has 7 nitrogen and oxygen atoms in total. The molecule has 7 heteroatoms. The first kappa shape index (κ1) is 14.7. The van der Waals surface area contributed by atoms with Gasteiger partial charge in [0, 0.05) is 5.56 Å². The van der Waals surface area contributed by atoms with E-state index in [9.17, 15) is 9.59 Å². The van der Waals surface area contributed by atoms with E-state index < -0.39 is 6.04 Å². The number of H-pyrrole nitrogens is 1. The van der Waals surface area contributed by atoms with Crippen LogP contribution in [0.2, 0.25) is 0 Å². The van der Waals surface area contributed by atoms with E-state index in [-0.39, 0.29) is 17.8 Å². The third-order valence-electron chi connectivity index (χ3n) is 2.85. The molecule has 1 unspecified atom stereocenters. The maximum absolute atomic E-state index is 12.0. The zero-order valence-electron chi connectivity index (χ0n) is 12.1. The molecule has 1 aromatic carbocycles. The highest BCUT2D eigenvalue weighted by Crippen LogP contribution is 2.04. The number of rotatable bonds is 4. The lowest BCUT2D eigenvalue weighted by Gasteiger charge is -2.12. The molecule has 0 aliphatic heterocycles. The first-order chi connectivity index (χ1) is 9.95. The number of hydrogen-bond acceptors (Lipinski definition) is 4. The van der Waals surface area contributed by atoms with Crippen LogP contribution in [0.4, 0.5) is 5.95 Å². The molecular formula is C14H17N5O2. The number of amides is 2. The minimum Gasteiger partial charge on any atom is -0.341 e. The molecule has 0 fully saturated rings. The van der Waals surface area contributed by atoms with Gasteiger partial charge in [0.15, 0.2) is 0 Å². The van der Waals surface area contributed by atoms with Crippen LogP contribution in [0.1, 0.15) is 28.7 Å². The maximum Gasteiger partial charge on any atom is 0.251 e. The fourth-order valence-corrected chi connectivity index (χ4v) is 1.75. The summed E-state index contributed by atoms with van der Waals surface area (Å²) in [6.07, 6.45) is 0. The van der Waals surface area contributed by atoms with Gasteiger partial charge in [0.2, 0.25) is 11.9 Å². The number of hydrogen-bond donors (Lipinski definition) is 3. The average Bonchev–Trinajstić information content (AvgIpc) is 2.84. The Hall–Kier alpha value is -2.70. The number of aromatic nitrogens is 3. The number of aromatic amines is 1. The van der Waals surface area contributed by atoms with E-state index in [1.807, 2.05) is 13.0 Å². The van der Waals surface area contributed by atoms with Gasteiger partial charge in [0.25, 0.3) is 5.91 Å². The summed E-state index contributed by atoms with van der Waals surface area (Å²) in [5.74, 6) is 0.110. The van der Waals surface area contributed by atoms with Crippen molar-refractivity contribution < 1.29 is 9.59 Å². The zero-order valence-corrected chi connectivity index (χ0v) is 12.1. The summed E-state index contributed by atoms with van der Waals surface area (Å²) in [4.78, 5) is 27.9. The van der Waals surface area contributed by atoms with Crippen molar-refractivity contribution in [3.05, 3.63) is 41.2 Å². The van der Waals surface area contributed by atoms with Crippen LogP contribution in [-0.4, -0.2) is 33.0 Å². The van der Waals surface area contributed by atoms with Gasteiger partial charge in [-0.25, -0.2) is 0 Å². The van der Waals surface area contributed by atoms with Gasteiger partial charge in [-0.15, -0.1) is 5.10 Å². The van der Waals surface area contributed by atoms with Crippen LogP contribution in [0, 0.1) is 13.8 Å². The molecule has 1 atom stereocenters. The van der Waals surface area contributed by atoms with E-state index in [4.69, 9.17) is 0 Å². The second kappa shape index (κ2) is 6.17. The van der Waals surface area contributed by atoms with Gasteiger partial charge in [0.05, 0.1) is 0 Å². The van der Waals surface area contributed by atoms with Crippen LogP contribution >= 0.6 is 0 Å². The molecule has 3 N–H and O–H groups in total. The molecule has 0 radical (unpaired) electrons. The predicted octanol–water partition coefficient (Wildman–Crippen LogP) is 1.18. The van der Waals surface area contributed by atoms with E-state index in [0.29, 0.717) is 11.4 Å². The minimum atomic E-state index is -0.697. The minimum absolute atomic E-state index is 0.189. The van der Waals surface area contributed by atoms with Gasteiger partial charge in [0.1, 0.15) is 11.9 Å². The standard InChI is InChI=1S/C14H17N5O2/c1-8-5-4-6-11(7-8)13(21)15-9(2)12(20)17-14-16-10(3)18-19-14/h4-7,9H,1-3H3,(H,15,21)(H2,16,17,18,19,20). The maximum atomic E-state index is 12.0. The summed E-state index contributed by atoms with van der Waals surface area (Å²) in [6, 6.07) is 6.46. The van der Waals surface area contributed by atoms with Crippen molar-refractivity contribution in [2.24, 2.45) is 0 Å². The quantitative estimate of drug-likeness (QED) is 0.786. The number of benzene rings is 1. The third-order valence-corrected chi connectivity index (χ3v) is 2.85. The molecule has 0 aliphatic carbocycles. The van der Waals surface area contributed by atoms with Crippen molar-refractivity contribution in [3.8, 4) is 0 Å². The van der Waals surface area contributed by atoms with E-state index in [1.165, 1.54) is 0 Å². The molecule has 0 aliphatic rings. The topological polar surface area (TPSA) is 99.8 Å². The van der Waals surface area contributed by atoms with Crippen molar-refractivity contribution in [2.45, 2.75) is 26.8 Å². The number of nitrogens with one attached hydrogen (secondary N) is 3. The summed E-state index contributed by atoms with van der Waals surface area (Å²) in [5.41, 5.74) is 1.50. The van der Waals surface area contributed by atoms with Gasteiger partial charge in [-0.2, -0.15) is 4.98 Å². The van der Waals surface area contributed by atoms with Crippen LogP contribution in [0.15, 0.2) is 24.3 Å². The molecule has 0 saturated heterocycles. The highest BCUT2D eigenvalue weighted by atomic mass is 16.2. The Balaban J connectivity index is 1.95. The van der Waals surface area contributed by atoms with Gasteiger partial charge in [-0.3, -0.25) is 20.0 Å². The molecule has 2 aromatic rings. The van der Waals surface area contributed by atoms with Crippen LogP contribution in [0.5, 0.6) is 0 Å². The van der Waals surface area contributed by atoms with E-state index in [1.54, 1.807) is 32.0 Å². The third kappa shape index (κ3) is 3.88. The Kier molecular flexibility index (Phi) is 4.32. The highest BCUT2D eigenvalue weighted by Gasteiger charge is 2.18. The van der Waals surface area contributed by atoms with Gasteiger partial charge in [-0.1, -0.05) is 17.7 Å². The molecule has 21 heavy (non-hydrogen) atoms. The van der Waals surface area contributed by atoms with Crippen molar-refractivity contribution in [3.63, 3.8) is 0 Å². The van der Waals surface area contributed by atoms with E-state index in [0.717, 1.165) is 5.56 Å². The predicted molar refractivity (Wildman–Crippen MR) is 77.9 cm³/mol. The lowest BCUT2D eigenvalue weighted by atomic mass is 10.1. The number of nitrogens with zero attached hydrogens (tertiary/aromatic N) is 2. The highest BCUT2D eigenvalue weighted by molar-refractivity contribution is 6.00. The van der Waals surface area contributed by atoms with Gasteiger partial charge in [-0.05, 0) is 32.9 Å². The number of carbonyl (C=O) groups excluding carboxylic acids is 2.